The average Bonchev–Trinajstić information content (AvgIpc) is 2.99. The topological polar surface area (TPSA) is 49.9 Å². The molecule has 0 bridgehead atoms. The molecule has 0 radical (unpaired) electrons. The zero-order valence-electron chi connectivity index (χ0n) is 17.5. The maximum Gasteiger partial charge on any atom is 0.226 e. The summed E-state index contributed by atoms with van der Waals surface area (Å²) in [7, 11) is 1.67. The Kier molecular flexibility index (Phi) is 6.97. The third kappa shape index (κ3) is 4.68. The van der Waals surface area contributed by atoms with E-state index in [4.69, 9.17) is 4.74 Å². The van der Waals surface area contributed by atoms with Gasteiger partial charge in [-0.25, -0.2) is 0 Å². The molecule has 0 aromatic heterocycles. The SMILES string of the molecule is COc1ccc(C2CCCCCN2C(=O)C2CCN(C(=O)C(C)C)CC2)cc1. The molecule has 2 saturated heterocycles. The lowest BCUT2D eigenvalue weighted by molar-refractivity contribution is -0.143. The van der Waals surface area contributed by atoms with Crippen LogP contribution in [0.4, 0.5) is 0 Å². The van der Waals surface area contributed by atoms with Gasteiger partial charge in [0.2, 0.25) is 11.8 Å². The summed E-state index contributed by atoms with van der Waals surface area (Å²) < 4.78 is 5.28. The minimum atomic E-state index is 0.0253. The fourth-order valence-corrected chi connectivity index (χ4v) is 4.49. The molecule has 2 amide bonds. The average molecular weight is 387 g/mol. The van der Waals surface area contributed by atoms with E-state index >= 15 is 0 Å². The molecule has 154 valence electrons. The highest BCUT2D eigenvalue weighted by Gasteiger charge is 2.34. The Labute approximate surface area is 169 Å². The summed E-state index contributed by atoms with van der Waals surface area (Å²) >= 11 is 0. The predicted octanol–water partition coefficient (Wildman–Crippen LogP) is 4.03. The van der Waals surface area contributed by atoms with E-state index in [2.05, 4.69) is 17.0 Å². The summed E-state index contributed by atoms with van der Waals surface area (Å²) in [6.45, 7) is 6.12. The van der Waals surface area contributed by atoms with Gasteiger partial charge in [0.05, 0.1) is 13.2 Å². The number of rotatable bonds is 4. The molecule has 2 aliphatic heterocycles. The first-order chi connectivity index (χ1) is 13.5. The number of likely N-dealkylation sites (tertiary alicyclic amines) is 2. The molecule has 2 fully saturated rings. The number of hydrogen-bond donors (Lipinski definition) is 0. The van der Waals surface area contributed by atoms with E-state index in [9.17, 15) is 9.59 Å². The number of methoxy groups -OCH3 is 1. The minimum Gasteiger partial charge on any atom is -0.497 e. The van der Waals surface area contributed by atoms with Crippen LogP contribution in [-0.4, -0.2) is 48.4 Å². The van der Waals surface area contributed by atoms with Crippen LogP contribution in [0.2, 0.25) is 0 Å². The van der Waals surface area contributed by atoms with Gasteiger partial charge in [-0.15, -0.1) is 0 Å². The lowest BCUT2D eigenvalue weighted by Crippen LogP contribution is -2.46. The molecule has 5 nitrogen and oxygen atoms in total. The van der Waals surface area contributed by atoms with Crippen LogP contribution in [0, 0.1) is 11.8 Å². The Bertz CT molecular complexity index is 663. The fraction of sp³-hybridized carbons (Fsp3) is 0.652. The standard InChI is InChI=1S/C23H34N2O3/c1-17(2)22(26)24-15-12-19(13-16-24)23(27)25-14-6-4-5-7-21(25)18-8-10-20(28-3)11-9-18/h8-11,17,19,21H,4-7,12-16H2,1-3H3. The van der Waals surface area contributed by atoms with Gasteiger partial charge in [-0.3, -0.25) is 9.59 Å². The van der Waals surface area contributed by atoms with Gasteiger partial charge in [-0.05, 0) is 43.4 Å². The molecule has 3 rings (SSSR count). The first-order valence-corrected chi connectivity index (χ1v) is 10.7. The van der Waals surface area contributed by atoms with Crippen molar-refractivity contribution in [1.29, 1.82) is 0 Å². The van der Waals surface area contributed by atoms with Crippen LogP contribution in [0.15, 0.2) is 24.3 Å². The van der Waals surface area contributed by atoms with E-state index in [1.807, 2.05) is 30.9 Å². The number of amides is 2. The van der Waals surface area contributed by atoms with Gasteiger partial charge in [-0.2, -0.15) is 0 Å². The Morgan fingerprint density at radius 1 is 0.964 bits per heavy atom. The molecule has 0 saturated carbocycles. The second kappa shape index (κ2) is 9.44. The highest BCUT2D eigenvalue weighted by molar-refractivity contribution is 5.81. The quantitative estimate of drug-likeness (QED) is 0.785. The van der Waals surface area contributed by atoms with Crippen molar-refractivity contribution >= 4 is 11.8 Å². The predicted molar refractivity (Wildman–Crippen MR) is 110 cm³/mol. The van der Waals surface area contributed by atoms with Crippen LogP contribution >= 0.6 is 0 Å². The number of ether oxygens (including phenoxy) is 1. The number of carbonyl (C=O) groups excluding carboxylic acids is 2. The molecule has 28 heavy (non-hydrogen) atoms. The zero-order valence-corrected chi connectivity index (χ0v) is 17.5. The summed E-state index contributed by atoms with van der Waals surface area (Å²) in [6.07, 6.45) is 5.98. The Morgan fingerprint density at radius 3 is 2.25 bits per heavy atom. The van der Waals surface area contributed by atoms with Crippen molar-refractivity contribution < 1.29 is 14.3 Å². The monoisotopic (exact) mass is 386 g/mol. The van der Waals surface area contributed by atoms with E-state index in [1.165, 1.54) is 12.0 Å². The van der Waals surface area contributed by atoms with E-state index in [0.29, 0.717) is 13.1 Å². The maximum atomic E-state index is 13.4. The third-order valence-electron chi connectivity index (χ3n) is 6.19. The first kappa shape index (κ1) is 20.7. The van der Waals surface area contributed by atoms with Crippen LogP contribution in [0.5, 0.6) is 5.75 Å². The summed E-state index contributed by atoms with van der Waals surface area (Å²) in [5.41, 5.74) is 1.20. The van der Waals surface area contributed by atoms with Crippen LogP contribution in [0.25, 0.3) is 0 Å². The molecule has 2 aliphatic rings. The van der Waals surface area contributed by atoms with Gasteiger partial charge in [0.25, 0.3) is 0 Å². The molecule has 0 aliphatic carbocycles. The van der Waals surface area contributed by atoms with Crippen molar-refractivity contribution in [2.75, 3.05) is 26.7 Å². The van der Waals surface area contributed by atoms with Crippen molar-refractivity contribution in [3.05, 3.63) is 29.8 Å². The van der Waals surface area contributed by atoms with Crippen LogP contribution in [-0.2, 0) is 9.59 Å². The third-order valence-corrected chi connectivity index (χ3v) is 6.19. The number of nitrogens with zero attached hydrogens (tertiary/aromatic N) is 2. The normalized spacial score (nSPS) is 21.5. The second-order valence-corrected chi connectivity index (χ2v) is 8.42. The highest BCUT2D eigenvalue weighted by atomic mass is 16.5. The first-order valence-electron chi connectivity index (χ1n) is 10.7. The van der Waals surface area contributed by atoms with E-state index in [1.54, 1.807) is 7.11 Å². The molecule has 1 aromatic carbocycles. The molecule has 0 spiro atoms. The van der Waals surface area contributed by atoms with Crippen molar-refractivity contribution in [2.24, 2.45) is 11.8 Å². The van der Waals surface area contributed by atoms with Crippen molar-refractivity contribution in [3.8, 4) is 5.75 Å². The van der Waals surface area contributed by atoms with Gasteiger partial charge in [0, 0.05) is 31.5 Å². The van der Waals surface area contributed by atoms with Crippen LogP contribution in [0.1, 0.15) is 64.0 Å². The summed E-state index contributed by atoms with van der Waals surface area (Å²) in [5.74, 6) is 1.39. The maximum absolute atomic E-state index is 13.4. The van der Waals surface area contributed by atoms with E-state index < -0.39 is 0 Å². The lowest BCUT2D eigenvalue weighted by atomic mass is 9.92. The molecule has 1 aromatic rings. The number of benzene rings is 1. The Balaban J connectivity index is 1.70. The zero-order chi connectivity index (χ0) is 20.1. The highest BCUT2D eigenvalue weighted by Crippen LogP contribution is 2.34. The molecule has 5 heteroatoms. The largest absolute Gasteiger partial charge is 0.497 e. The molecule has 0 N–H and O–H groups in total. The second-order valence-electron chi connectivity index (χ2n) is 8.42. The Hall–Kier alpha value is -2.04. The molecule has 1 unspecified atom stereocenters. The van der Waals surface area contributed by atoms with Gasteiger partial charge in [0.15, 0.2) is 0 Å². The van der Waals surface area contributed by atoms with Gasteiger partial charge < -0.3 is 14.5 Å². The van der Waals surface area contributed by atoms with Crippen molar-refractivity contribution in [1.82, 2.24) is 9.80 Å². The van der Waals surface area contributed by atoms with Crippen molar-refractivity contribution in [3.63, 3.8) is 0 Å². The molecule has 1 atom stereocenters. The van der Waals surface area contributed by atoms with Gasteiger partial charge in [-0.1, -0.05) is 38.8 Å². The smallest absolute Gasteiger partial charge is 0.226 e. The van der Waals surface area contributed by atoms with Crippen molar-refractivity contribution in [2.45, 2.75) is 58.4 Å². The summed E-state index contributed by atoms with van der Waals surface area (Å²) in [4.78, 5) is 29.7. The summed E-state index contributed by atoms with van der Waals surface area (Å²) in [6, 6.07) is 8.31. The minimum absolute atomic E-state index is 0.0253. The van der Waals surface area contributed by atoms with Crippen LogP contribution in [0.3, 0.4) is 0 Å². The van der Waals surface area contributed by atoms with E-state index in [-0.39, 0.29) is 29.7 Å². The lowest BCUT2D eigenvalue weighted by Gasteiger charge is -2.37. The van der Waals surface area contributed by atoms with Crippen LogP contribution < -0.4 is 4.74 Å². The number of carbonyl (C=O) groups is 2. The molecule has 2 heterocycles. The molecular weight excluding hydrogens is 352 g/mol. The van der Waals surface area contributed by atoms with Gasteiger partial charge in [0.1, 0.15) is 5.75 Å². The van der Waals surface area contributed by atoms with Gasteiger partial charge >= 0.3 is 0 Å². The summed E-state index contributed by atoms with van der Waals surface area (Å²) in [5, 5.41) is 0. The Morgan fingerprint density at radius 2 is 1.64 bits per heavy atom. The number of hydrogen-bond acceptors (Lipinski definition) is 3. The molecular formula is C23H34N2O3. The number of piperidine rings is 1. The van der Waals surface area contributed by atoms with E-state index in [0.717, 1.165) is 44.4 Å². The fourth-order valence-electron chi connectivity index (χ4n) is 4.49.